The lowest BCUT2D eigenvalue weighted by molar-refractivity contribution is -0.121. The molecule has 2 heterocycles. The van der Waals surface area contributed by atoms with Crippen molar-refractivity contribution in [3.63, 3.8) is 0 Å². The molecule has 4 rings (SSSR count). The van der Waals surface area contributed by atoms with E-state index >= 15 is 0 Å². The number of benzene rings is 2. The molecule has 1 aromatic heterocycles. The van der Waals surface area contributed by atoms with Gasteiger partial charge in [0.25, 0.3) is 0 Å². The van der Waals surface area contributed by atoms with E-state index in [-0.39, 0.29) is 11.7 Å². The fourth-order valence-electron chi connectivity index (χ4n) is 3.62. The van der Waals surface area contributed by atoms with E-state index < -0.39 is 0 Å². The number of nitrogens with one attached hydrogen (secondary N) is 1. The van der Waals surface area contributed by atoms with Crippen LogP contribution in [-0.4, -0.2) is 35.7 Å². The van der Waals surface area contributed by atoms with E-state index in [4.69, 9.17) is 4.42 Å². The third-order valence-electron chi connectivity index (χ3n) is 5.40. The van der Waals surface area contributed by atoms with Gasteiger partial charge in [-0.3, -0.25) is 4.79 Å². The summed E-state index contributed by atoms with van der Waals surface area (Å²) in [7, 11) is 0. The second-order valence-electron chi connectivity index (χ2n) is 7.75. The summed E-state index contributed by atoms with van der Waals surface area (Å²) in [5, 5.41) is 11.1. The maximum atomic E-state index is 13.1. The van der Waals surface area contributed by atoms with E-state index in [1.807, 2.05) is 31.2 Å². The zero-order valence-corrected chi connectivity index (χ0v) is 17.0. The molecule has 0 radical (unpaired) electrons. The van der Waals surface area contributed by atoms with Crippen molar-refractivity contribution in [1.29, 1.82) is 0 Å². The Morgan fingerprint density at radius 3 is 2.70 bits per heavy atom. The van der Waals surface area contributed by atoms with Gasteiger partial charge in [-0.15, -0.1) is 10.2 Å². The van der Waals surface area contributed by atoms with Crippen LogP contribution in [0, 0.1) is 18.7 Å². The van der Waals surface area contributed by atoms with Gasteiger partial charge < -0.3 is 14.6 Å². The molecule has 1 unspecified atom stereocenters. The summed E-state index contributed by atoms with van der Waals surface area (Å²) in [5.41, 5.74) is 3.06. The van der Waals surface area contributed by atoms with E-state index in [0.717, 1.165) is 30.8 Å². The lowest BCUT2D eigenvalue weighted by Crippen LogP contribution is -2.31. The van der Waals surface area contributed by atoms with E-state index in [1.165, 1.54) is 17.7 Å². The van der Waals surface area contributed by atoms with E-state index in [1.54, 1.807) is 12.1 Å². The third kappa shape index (κ3) is 5.03. The number of rotatable bonds is 7. The molecule has 3 aromatic rings. The van der Waals surface area contributed by atoms with Gasteiger partial charge in [0.1, 0.15) is 5.82 Å². The maximum Gasteiger partial charge on any atom is 0.247 e. The molecule has 1 aliphatic rings. The van der Waals surface area contributed by atoms with Crippen molar-refractivity contribution in [2.24, 2.45) is 5.92 Å². The van der Waals surface area contributed by atoms with Crippen LogP contribution < -0.4 is 10.2 Å². The van der Waals surface area contributed by atoms with Gasteiger partial charge in [0.15, 0.2) is 0 Å². The summed E-state index contributed by atoms with van der Waals surface area (Å²) >= 11 is 0. The zero-order chi connectivity index (χ0) is 20.9. The third-order valence-corrected chi connectivity index (χ3v) is 5.40. The number of carbonyl (C=O) groups excluding carboxylic acids is 1. The van der Waals surface area contributed by atoms with Crippen molar-refractivity contribution in [3.05, 3.63) is 65.8 Å². The predicted molar refractivity (Wildman–Crippen MR) is 113 cm³/mol. The number of hydrogen-bond acceptors (Lipinski definition) is 5. The first kappa shape index (κ1) is 20.1. The number of carbonyl (C=O) groups is 1. The Bertz CT molecular complexity index is 985. The van der Waals surface area contributed by atoms with E-state index in [2.05, 4.69) is 20.4 Å². The first-order valence-corrected chi connectivity index (χ1v) is 10.2. The number of aryl methyl sites for hydroxylation is 2. The van der Waals surface area contributed by atoms with Crippen LogP contribution in [-0.2, 0) is 11.2 Å². The van der Waals surface area contributed by atoms with Gasteiger partial charge in [0.05, 0.1) is 0 Å². The summed E-state index contributed by atoms with van der Waals surface area (Å²) < 4.78 is 18.8. The van der Waals surface area contributed by atoms with Crippen molar-refractivity contribution in [2.75, 3.05) is 24.5 Å². The van der Waals surface area contributed by atoms with Gasteiger partial charge in [0.2, 0.25) is 17.7 Å². The average molecular weight is 408 g/mol. The highest BCUT2D eigenvalue weighted by molar-refractivity contribution is 5.76. The molecule has 1 N–H and O–H groups in total. The van der Waals surface area contributed by atoms with Crippen LogP contribution >= 0.6 is 0 Å². The van der Waals surface area contributed by atoms with Gasteiger partial charge in [-0.2, -0.15) is 0 Å². The fraction of sp³-hybridized carbons (Fsp3) is 0.348. The normalized spacial score (nSPS) is 16.1. The van der Waals surface area contributed by atoms with Gasteiger partial charge in [0, 0.05) is 43.7 Å². The fourth-order valence-corrected chi connectivity index (χ4v) is 3.62. The van der Waals surface area contributed by atoms with Crippen LogP contribution in [0.15, 0.2) is 52.9 Å². The zero-order valence-electron chi connectivity index (χ0n) is 17.0. The molecule has 156 valence electrons. The molecular formula is C23H25FN4O2. The maximum absolute atomic E-state index is 13.1. The minimum absolute atomic E-state index is 0.0229. The quantitative estimate of drug-likeness (QED) is 0.645. The molecule has 1 amide bonds. The van der Waals surface area contributed by atoms with Crippen LogP contribution in [0.5, 0.6) is 0 Å². The minimum Gasteiger partial charge on any atom is -0.421 e. The summed E-state index contributed by atoms with van der Waals surface area (Å²) in [6, 6.07) is 14.4. The van der Waals surface area contributed by atoms with Crippen molar-refractivity contribution < 1.29 is 13.6 Å². The average Bonchev–Trinajstić information content (AvgIpc) is 3.42. The van der Waals surface area contributed by atoms with Crippen molar-refractivity contribution >= 4 is 11.6 Å². The Morgan fingerprint density at radius 2 is 1.93 bits per heavy atom. The lowest BCUT2D eigenvalue weighted by atomic mass is 10.1. The number of aromatic nitrogens is 2. The summed E-state index contributed by atoms with van der Waals surface area (Å²) in [4.78, 5) is 14.4. The highest BCUT2D eigenvalue weighted by Crippen LogP contribution is 2.23. The minimum atomic E-state index is -0.228. The smallest absolute Gasteiger partial charge is 0.247 e. The molecule has 0 bridgehead atoms. The molecule has 0 spiro atoms. The van der Waals surface area contributed by atoms with Crippen molar-refractivity contribution in [2.45, 2.75) is 26.2 Å². The highest BCUT2D eigenvalue weighted by Gasteiger charge is 2.23. The molecule has 1 atom stereocenters. The van der Waals surface area contributed by atoms with Crippen LogP contribution in [0.3, 0.4) is 0 Å². The van der Waals surface area contributed by atoms with E-state index in [0.29, 0.717) is 37.1 Å². The number of anilines is 1. The Labute approximate surface area is 175 Å². The van der Waals surface area contributed by atoms with Crippen molar-refractivity contribution in [3.8, 4) is 11.5 Å². The summed E-state index contributed by atoms with van der Waals surface area (Å²) in [6.07, 6.45) is 1.72. The first-order valence-electron chi connectivity index (χ1n) is 10.2. The topological polar surface area (TPSA) is 71.3 Å². The van der Waals surface area contributed by atoms with Gasteiger partial charge >= 0.3 is 0 Å². The Hall–Kier alpha value is -3.22. The second kappa shape index (κ2) is 9.07. The molecule has 0 saturated carbocycles. The molecule has 1 fully saturated rings. The summed E-state index contributed by atoms with van der Waals surface area (Å²) in [5.74, 6) is 1.07. The largest absolute Gasteiger partial charge is 0.421 e. The molecular weight excluding hydrogens is 383 g/mol. The molecule has 1 saturated heterocycles. The van der Waals surface area contributed by atoms with Crippen LogP contribution in [0.1, 0.15) is 24.3 Å². The van der Waals surface area contributed by atoms with E-state index in [9.17, 15) is 9.18 Å². The summed E-state index contributed by atoms with van der Waals surface area (Å²) in [6.45, 7) is 4.42. The first-order chi connectivity index (χ1) is 14.6. The van der Waals surface area contributed by atoms with Gasteiger partial charge in [-0.1, -0.05) is 17.7 Å². The Morgan fingerprint density at radius 1 is 1.17 bits per heavy atom. The standard InChI is InChI=1S/C23H25FN4O2/c1-16-2-4-18(5-3-16)23-27-26-22(30-23)11-10-21(29)25-14-17-12-13-28(15-17)20-8-6-19(24)7-9-20/h2-9,17H,10-15H2,1H3,(H,25,29). The van der Waals surface area contributed by atoms with Gasteiger partial charge in [-0.05, 0) is 55.7 Å². The lowest BCUT2D eigenvalue weighted by Gasteiger charge is -2.18. The number of amides is 1. The molecule has 6 nitrogen and oxygen atoms in total. The van der Waals surface area contributed by atoms with Crippen LogP contribution in [0.25, 0.3) is 11.5 Å². The Balaban J connectivity index is 1.20. The van der Waals surface area contributed by atoms with Gasteiger partial charge in [-0.25, -0.2) is 4.39 Å². The van der Waals surface area contributed by atoms with Crippen LogP contribution in [0.4, 0.5) is 10.1 Å². The Kier molecular flexibility index (Phi) is 6.07. The SMILES string of the molecule is Cc1ccc(-c2nnc(CCC(=O)NCC3CCN(c4ccc(F)cc4)C3)o2)cc1. The molecule has 1 aliphatic heterocycles. The number of halogens is 1. The number of hydrogen-bond donors (Lipinski definition) is 1. The van der Waals surface area contributed by atoms with Crippen molar-refractivity contribution in [1.82, 2.24) is 15.5 Å². The molecule has 0 aliphatic carbocycles. The second-order valence-corrected chi connectivity index (χ2v) is 7.75. The molecule has 2 aromatic carbocycles. The molecule has 7 heteroatoms. The highest BCUT2D eigenvalue weighted by atomic mass is 19.1. The number of nitrogens with zero attached hydrogens (tertiary/aromatic N) is 3. The molecule has 30 heavy (non-hydrogen) atoms. The van der Waals surface area contributed by atoms with Crippen LogP contribution in [0.2, 0.25) is 0 Å². The predicted octanol–water partition coefficient (Wildman–Crippen LogP) is 3.76. The monoisotopic (exact) mass is 408 g/mol.